The van der Waals surface area contributed by atoms with Gasteiger partial charge in [-0.25, -0.2) is 14.4 Å². The molecule has 1 aromatic heterocycles. The Morgan fingerprint density at radius 1 is 1.16 bits per heavy atom. The van der Waals surface area contributed by atoms with Crippen LogP contribution in [0.5, 0.6) is 5.75 Å². The molecule has 3 aromatic rings. The first-order chi connectivity index (χ1) is 15.3. The van der Waals surface area contributed by atoms with Gasteiger partial charge in [-0.1, -0.05) is 66.9 Å². The lowest BCUT2D eigenvalue weighted by molar-refractivity contribution is -0.136. The Hall–Kier alpha value is -3.03. The van der Waals surface area contributed by atoms with Crippen molar-refractivity contribution in [1.82, 2.24) is 5.32 Å². The van der Waals surface area contributed by atoms with Crippen LogP contribution in [-0.2, 0) is 16.1 Å². The minimum Gasteiger partial charge on any atom is -0.445 e. The van der Waals surface area contributed by atoms with E-state index >= 15 is 0 Å². The molecule has 0 aliphatic rings. The van der Waals surface area contributed by atoms with E-state index in [-0.39, 0.29) is 28.0 Å². The number of rotatable bonds is 7. The number of carbonyl (C=O) groups excluding carboxylic acids is 2. The smallest absolute Gasteiger partial charge is 0.408 e. The van der Waals surface area contributed by atoms with Gasteiger partial charge in [-0.05, 0) is 30.5 Å². The van der Waals surface area contributed by atoms with Gasteiger partial charge >= 0.3 is 17.7 Å². The summed E-state index contributed by atoms with van der Waals surface area (Å²) in [6.07, 6.45) is 0.190. The van der Waals surface area contributed by atoms with Gasteiger partial charge in [0.25, 0.3) is 0 Å². The summed E-state index contributed by atoms with van der Waals surface area (Å²) in [5.74, 6) is -0.729. The third-order valence-electron chi connectivity index (χ3n) is 4.73. The molecule has 0 radical (unpaired) electrons. The average Bonchev–Trinajstić information content (AvgIpc) is 2.78. The molecule has 1 unspecified atom stereocenters. The van der Waals surface area contributed by atoms with Gasteiger partial charge in [0.15, 0.2) is 5.75 Å². The van der Waals surface area contributed by atoms with E-state index in [1.54, 1.807) is 6.92 Å². The fraction of sp³-hybridized carbons (Fsp3) is 0.261. The topological polar surface area (TPSA) is 94.8 Å². The number of hydrogen-bond acceptors (Lipinski definition) is 6. The zero-order valence-corrected chi connectivity index (χ0v) is 19.0. The third kappa shape index (κ3) is 5.60. The molecule has 7 nitrogen and oxygen atoms in total. The van der Waals surface area contributed by atoms with Crippen LogP contribution in [0.2, 0.25) is 10.0 Å². The second-order valence-corrected chi connectivity index (χ2v) is 7.86. The Balaban J connectivity index is 1.73. The van der Waals surface area contributed by atoms with Crippen molar-refractivity contribution in [3.05, 3.63) is 74.1 Å². The number of alkyl carbamates (subject to hydrolysis) is 1. The van der Waals surface area contributed by atoms with E-state index in [1.807, 2.05) is 37.3 Å². The molecule has 3 rings (SSSR count). The van der Waals surface area contributed by atoms with Crippen molar-refractivity contribution in [2.75, 3.05) is 0 Å². The van der Waals surface area contributed by atoms with Crippen molar-refractivity contribution in [3.8, 4) is 5.75 Å². The molecule has 2 aromatic carbocycles. The molecule has 1 N–H and O–H groups in total. The molecule has 0 aliphatic carbocycles. The molecular formula is C23H21Cl2NO6. The van der Waals surface area contributed by atoms with Crippen molar-refractivity contribution in [1.29, 1.82) is 0 Å². The highest BCUT2D eigenvalue weighted by atomic mass is 35.5. The summed E-state index contributed by atoms with van der Waals surface area (Å²) in [5, 5.41) is 3.12. The van der Waals surface area contributed by atoms with Crippen LogP contribution < -0.4 is 15.7 Å². The van der Waals surface area contributed by atoms with Crippen molar-refractivity contribution in [3.63, 3.8) is 0 Å². The molecule has 1 atom stereocenters. The molecule has 0 saturated carbocycles. The van der Waals surface area contributed by atoms with Crippen molar-refractivity contribution < 1.29 is 23.5 Å². The number of esters is 1. The highest BCUT2D eigenvalue weighted by molar-refractivity contribution is 6.34. The molecule has 0 fully saturated rings. The van der Waals surface area contributed by atoms with Gasteiger partial charge < -0.3 is 19.2 Å². The van der Waals surface area contributed by atoms with Gasteiger partial charge in [-0.3, -0.25) is 0 Å². The van der Waals surface area contributed by atoms with Gasteiger partial charge in [-0.15, -0.1) is 0 Å². The zero-order chi connectivity index (χ0) is 23.3. The maximum Gasteiger partial charge on any atom is 0.408 e. The number of halogens is 2. The molecular weight excluding hydrogens is 457 g/mol. The number of hydrogen-bond donors (Lipinski definition) is 1. The lowest BCUT2D eigenvalue weighted by Gasteiger charge is -2.17. The Bertz CT molecular complexity index is 1190. The summed E-state index contributed by atoms with van der Waals surface area (Å²) < 4.78 is 15.8. The van der Waals surface area contributed by atoms with E-state index in [2.05, 4.69) is 5.32 Å². The molecule has 0 bridgehead atoms. The van der Waals surface area contributed by atoms with E-state index in [1.165, 1.54) is 12.1 Å². The highest BCUT2D eigenvalue weighted by Crippen LogP contribution is 2.33. The van der Waals surface area contributed by atoms with E-state index in [4.69, 9.17) is 37.1 Å². The van der Waals surface area contributed by atoms with Crippen molar-refractivity contribution in [2.24, 2.45) is 0 Å². The average molecular weight is 478 g/mol. The summed E-state index contributed by atoms with van der Waals surface area (Å²) in [4.78, 5) is 36.8. The monoisotopic (exact) mass is 477 g/mol. The molecule has 32 heavy (non-hydrogen) atoms. The maximum atomic E-state index is 12.7. The minimum atomic E-state index is -0.950. The van der Waals surface area contributed by atoms with E-state index in [9.17, 15) is 14.4 Å². The van der Waals surface area contributed by atoms with Gasteiger partial charge in [0.1, 0.15) is 23.3 Å². The van der Waals surface area contributed by atoms with E-state index < -0.39 is 23.7 Å². The summed E-state index contributed by atoms with van der Waals surface area (Å²) in [6.45, 7) is 3.59. The minimum absolute atomic E-state index is 0.00500. The molecule has 168 valence electrons. The predicted molar refractivity (Wildman–Crippen MR) is 121 cm³/mol. The summed E-state index contributed by atoms with van der Waals surface area (Å²) >= 11 is 12.2. The Labute approximate surface area is 194 Å². The number of fused-ring (bicyclic) bond motifs is 1. The van der Waals surface area contributed by atoms with Crippen molar-refractivity contribution >= 4 is 46.2 Å². The van der Waals surface area contributed by atoms with Crippen LogP contribution in [0.3, 0.4) is 0 Å². The van der Waals surface area contributed by atoms with Crippen LogP contribution in [0.4, 0.5) is 4.79 Å². The molecule has 0 saturated heterocycles. The third-order valence-corrected chi connectivity index (χ3v) is 5.46. The number of ether oxygens (including phenoxy) is 2. The number of nitrogens with one attached hydrogen (secondary N) is 1. The second kappa shape index (κ2) is 10.5. The summed E-state index contributed by atoms with van der Waals surface area (Å²) in [5.41, 5.74) is 0.788. The Morgan fingerprint density at radius 2 is 1.88 bits per heavy atom. The van der Waals surface area contributed by atoms with Gasteiger partial charge in [0.05, 0.1) is 5.02 Å². The maximum absolute atomic E-state index is 12.7. The van der Waals surface area contributed by atoms with E-state index in [0.29, 0.717) is 23.8 Å². The molecule has 9 heteroatoms. The lowest BCUT2D eigenvalue weighted by atomic mass is 10.1. The quantitative estimate of drug-likeness (QED) is 0.277. The summed E-state index contributed by atoms with van der Waals surface area (Å²) in [6, 6.07) is 11.1. The summed E-state index contributed by atoms with van der Waals surface area (Å²) in [7, 11) is 0. The number of benzene rings is 2. The van der Waals surface area contributed by atoms with Crippen LogP contribution in [0.25, 0.3) is 11.0 Å². The van der Waals surface area contributed by atoms with Crippen LogP contribution in [0, 0.1) is 6.92 Å². The van der Waals surface area contributed by atoms with Crippen LogP contribution in [0.15, 0.2) is 51.7 Å². The molecule has 0 aliphatic heterocycles. The number of carbonyl (C=O) groups is 2. The van der Waals surface area contributed by atoms with Crippen LogP contribution in [-0.4, -0.2) is 18.1 Å². The number of aryl methyl sites for hydroxylation is 1. The fourth-order valence-electron chi connectivity index (χ4n) is 3.03. The highest BCUT2D eigenvalue weighted by Gasteiger charge is 2.24. The first-order valence-corrected chi connectivity index (χ1v) is 10.7. The Kier molecular flexibility index (Phi) is 7.77. The molecule has 0 spiro atoms. The van der Waals surface area contributed by atoms with E-state index in [0.717, 1.165) is 5.56 Å². The second-order valence-electron chi connectivity index (χ2n) is 7.08. The Morgan fingerprint density at radius 3 is 2.56 bits per heavy atom. The molecule has 1 heterocycles. The number of amides is 1. The lowest BCUT2D eigenvalue weighted by Crippen LogP contribution is -2.43. The fourth-order valence-corrected chi connectivity index (χ4v) is 3.37. The largest absolute Gasteiger partial charge is 0.445 e. The van der Waals surface area contributed by atoms with Crippen LogP contribution in [0.1, 0.15) is 30.9 Å². The normalized spacial score (nSPS) is 11.8. The zero-order valence-electron chi connectivity index (χ0n) is 17.4. The van der Waals surface area contributed by atoms with Crippen molar-refractivity contribution in [2.45, 2.75) is 39.3 Å². The first-order valence-electron chi connectivity index (χ1n) is 9.91. The SMILES string of the molecule is CCCC(NC(=O)OCc1ccccc1)C(=O)Oc1cc2oc(=O)c(Cl)c(C)c2cc1Cl. The molecule has 1 amide bonds. The van der Waals surface area contributed by atoms with Gasteiger partial charge in [0, 0.05) is 11.5 Å². The standard InChI is InChI=1S/C23H21Cl2NO6/c1-3-7-17(26-23(29)30-12-14-8-5-4-6-9-14)21(27)32-19-11-18-15(10-16(19)24)13(2)20(25)22(28)31-18/h4-6,8-11,17H,3,7,12H2,1-2H3,(H,26,29). The predicted octanol–water partition coefficient (Wildman–Crippen LogP) is 5.41. The van der Waals surface area contributed by atoms with Gasteiger partial charge in [-0.2, -0.15) is 0 Å². The van der Waals surface area contributed by atoms with Gasteiger partial charge in [0.2, 0.25) is 0 Å². The first kappa shape index (κ1) is 23.6. The van der Waals surface area contributed by atoms with Crippen LogP contribution >= 0.6 is 23.2 Å².